The number of nitrogens with two attached hydrogens (primary N) is 1. The lowest BCUT2D eigenvalue weighted by atomic mass is 10.0. The number of aromatic amines is 1. The Bertz CT molecular complexity index is 1130. The number of nitrogens with one attached hydrogen (secondary N) is 1. The van der Waals surface area contributed by atoms with E-state index >= 15 is 0 Å². The first-order valence-electron chi connectivity index (χ1n) is 15.5. The smallest absolute Gasteiger partial charge is 0.379 e. The Morgan fingerprint density at radius 1 is 0.860 bits per heavy atom. The molecule has 2 aromatic rings. The van der Waals surface area contributed by atoms with Crippen molar-refractivity contribution in [3.63, 3.8) is 0 Å². The Morgan fingerprint density at radius 2 is 1.42 bits per heavy atom. The highest BCUT2D eigenvalue weighted by Crippen LogP contribution is 2.45. The maximum Gasteiger partial charge on any atom is 0.423 e. The van der Waals surface area contributed by atoms with Crippen molar-refractivity contribution in [2.45, 2.75) is 116 Å². The molecule has 0 aliphatic carbocycles. The molecular formula is C28H49F3N5O6P. The van der Waals surface area contributed by atoms with Gasteiger partial charge in [0.25, 0.3) is 5.56 Å². The topological polar surface area (TPSA) is 144 Å². The van der Waals surface area contributed by atoms with E-state index in [1.165, 1.54) is 51.3 Å². The van der Waals surface area contributed by atoms with Gasteiger partial charge in [-0.3, -0.25) is 14.3 Å². The molecule has 1 unspecified atom stereocenters. The van der Waals surface area contributed by atoms with E-state index in [0.717, 1.165) is 43.3 Å². The van der Waals surface area contributed by atoms with E-state index in [-0.39, 0.29) is 43.1 Å². The normalized spacial score (nSPS) is 13.5. The minimum Gasteiger partial charge on any atom is -0.379 e. The summed E-state index contributed by atoms with van der Waals surface area (Å²) in [5.41, 5.74) is 5.06. The van der Waals surface area contributed by atoms with E-state index in [2.05, 4.69) is 15.0 Å². The summed E-state index contributed by atoms with van der Waals surface area (Å²) in [6.07, 6.45) is 11.9. The third-order valence-electron chi connectivity index (χ3n) is 6.83. The van der Waals surface area contributed by atoms with E-state index in [0.29, 0.717) is 19.6 Å². The zero-order valence-electron chi connectivity index (χ0n) is 25.4. The highest BCUT2D eigenvalue weighted by molar-refractivity contribution is 7.53. The summed E-state index contributed by atoms with van der Waals surface area (Å²) in [5, 5.41) is 0. The largest absolute Gasteiger partial charge is 0.423 e. The second-order valence-corrected chi connectivity index (χ2v) is 12.5. The van der Waals surface area contributed by atoms with E-state index in [1.54, 1.807) is 6.92 Å². The Balaban J connectivity index is 1.45. The second kappa shape index (κ2) is 20.7. The Labute approximate surface area is 251 Å². The van der Waals surface area contributed by atoms with Crippen LogP contribution in [0.4, 0.5) is 19.1 Å². The van der Waals surface area contributed by atoms with Crippen molar-refractivity contribution in [2.24, 2.45) is 0 Å². The highest BCUT2D eigenvalue weighted by Gasteiger charge is 2.29. The van der Waals surface area contributed by atoms with Crippen molar-refractivity contribution in [2.75, 3.05) is 38.5 Å². The molecule has 0 aliphatic rings. The minimum atomic E-state index is -4.01. The predicted octanol–water partition coefficient (Wildman–Crippen LogP) is 7.15. The predicted molar refractivity (Wildman–Crippen MR) is 160 cm³/mol. The lowest BCUT2D eigenvalue weighted by Gasteiger charge is -2.19. The quantitative estimate of drug-likeness (QED) is 0.0810. The monoisotopic (exact) mass is 639 g/mol. The van der Waals surface area contributed by atoms with Gasteiger partial charge in [-0.05, 0) is 19.8 Å². The Kier molecular flexibility index (Phi) is 17.9. The molecule has 0 fully saturated rings. The molecule has 2 heterocycles. The molecule has 15 heteroatoms. The fourth-order valence-electron chi connectivity index (χ4n) is 4.55. The molecule has 248 valence electrons. The molecule has 0 bridgehead atoms. The van der Waals surface area contributed by atoms with Gasteiger partial charge in [-0.2, -0.15) is 18.2 Å². The number of rotatable bonds is 26. The van der Waals surface area contributed by atoms with E-state index < -0.39 is 25.8 Å². The molecule has 0 radical (unpaired) electrons. The summed E-state index contributed by atoms with van der Waals surface area (Å²) in [4.78, 5) is 22.2. The maximum absolute atomic E-state index is 13.2. The van der Waals surface area contributed by atoms with Crippen LogP contribution in [0.25, 0.3) is 11.2 Å². The molecule has 3 N–H and O–H groups in total. The maximum atomic E-state index is 13.2. The third kappa shape index (κ3) is 16.5. The van der Waals surface area contributed by atoms with Crippen molar-refractivity contribution >= 4 is 24.7 Å². The SMILES string of the molecule is CCOCP(=O)(OCCOCCCCCCCCCCCCCCCCCC(F)(F)F)On1cnc2c(=O)[nH]c(N)nc21. The standard InChI is InChI=1S/C28H49F3N5O6P/c1-2-39-23-43(38,42-36-22-33-24-25(36)34-27(32)35-26(24)37)41-21-20-40-19-17-15-13-11-9-7-5-3-4-6-8-10-12-14-16-18-28(29,30)31/h22H,2-21,23H2,1H3,(H3,32,34,35,37). The van der Waals surface area contributed by atoms with Gasteiger partial charge < -0.3 is 19.8 Å². The van der Waals surface area contributed by atoms with Crippen LogP contribution in [0, 0.1) is 0 Å². The summed E-state index contributed by atoms with van der Waals surface area (Å²) in [7, 11) is -3.76. The third-order valence-corrected chi connectivity index (χ3v) is 8.33. The zero-order valence-corrected chi connectivity index (χ0v) is 26.3. The molecule has 1 atom stereocenters. The number of ether oxygens (including phenoxy) is 2. The van der Waals surface area contributed by atoms with Gasteiger partial charge in [-0.15, -0.1) is 4.73 Å². The number of hydrogen-bond donors (Lipinski definition) is 2. The van der Waals surface area contributed by atoms with Crippen LogP contribution in [0.5, 0.6) is 0 Å². The van der Waals surface area contributed by atoms with Crippen molar-refractivity contribution in [1.29, 1.82) is 0 Å². The van der Waals surface area contributed by atoms with Crippen molar-refractivity contribution < 1.29 is 36.4 Å². The number of H-pyrrole nitrogens is 1. The number of hydrogen-bond acceptors (Lipinski definition) is 9. The number of aromatic nitrogens is 4. The van der Waals surface area contributed by atoms with Crippen LogP contribution in [0.3, 0.4) is 0 Å². The first kappa shape index (κ1) is 37.0. The molecule has 11 nitrogen and oxygen atoms in total. The molecule has 0 spiro atoms. The fraction of sp³-hybridized carbons (Fsp3) is 0.821. The van der Waals surface area contributed by atoms with Crippen molar-refractivity contribution in [3.8, 4) is 0 Å². The molecular weight excluding hydrogens is 590 g/mol. The Hall–Kier alpha value is -2.15. The number of nitrogens with zero attached hydrogens (tertiary/aromatic N) is 3. The number of anilines is 1. The average molecular weight is 640 g/mol. The number of alkyl halides is 3. The van der Waals surface area contributed by atoms with Crippen LogP contribution < -0.4 is 15.9 Å². The summed E-state index contributed by atoms with van der Waals surface area (Å²) in [5.74, 6) is -0.127. The zero-order chi connectivity index (χ0) is 31.4. The van der Waals surface area contributed by atoms with Crippen molar-refractivity contribution in [1.82, 2.24) is 19.7 Å². The van der Waals surface area contributed by atoms with Gasteiger partial charge >= 0.3 is 13.8 Å². The molecule has 43 heavy (non-hydrogen) atoms. The van der Waals surface area contributed by atoms with E-state index in [1.807, 2.05) is 0 Å². The minimum absolute atomic E-state index is 0.00997. The van der Waals surface area contributed by atoms with Crippen LogP contribution in [-0.2, 0) is 18.6 Å². The van der Waals surface area contributed by atoms with Gasteiger partial charge in [0.05, 0.1) is 13.2 Å². The van der Waals surface area contributed by atoms with Gasteiger partial charge in [-0.1, -0.05) is 83.5 Å². The van der Waals surface area contributed by atoms with Crippen LogP contribution >= 0.6 is 7.60 Å². The van der Waals surface area contributed by atoms with Crippen LogP contribution in [0.2, 0.25) is 0 Å². The number of nitrogen functional groups attached to an aromatic ring is 1. The molecule has 2 aromatic heterocycles. The summed E-state index contributed by atoms with van der Waals surface area (Å²) in [6, 6.07) is 0. The van der Waals surface area contributed by atoms with E-state index in [4.69, 9.17) is 24.4 Å². The second-order valence-electron chi connectivity index (χ2n) is 10.6. The lowest BCUT2D eigenvalue weighted by molar-refractivity contribution is -0.135. The number of imidazole rings is 1. The fourth-order valence-corrected chi connectivity index (χ4v) is 5.87. The van der Waals surface area contributed by atoms with Gasteiger partial charge in [0, 0.05) is 19.6 Å². The molecule has 0 aromatic carbocycles. The van der Waals surface area contributed by atoms with Gasteiger partial charge in [-0.25, -0.2) is 9.55 Å². The number of fused-ring (bicyclic) bond motifs is 1. The first-order valence-corrected chi connectivity index (χ1v) is 17.2. The molecule has 0 aliphatic heterocycles. The first-order chi connectivity index (χ1) is 20.6. The van der Waals surface area contributed by atoms with Gasteiger partial charge in [0.1, 0.15) is 6.33 Å². The lowest BCUT2D eigenvalue weighted by Crippen LogP contribution is -2.18. The molecule has 0 amide bonds. The van der Waals surface area contributed by atoms with Crippen LogP contribution in [0.15, 0.2) is 11.1 Å². The van der Waals surface area contributed by atoms with Gasteiger partial charge in [0.15, 0.2) is 11.9 Å². The summed E-state index contributed by atoms with van der Waals surface area (Å²) >= 11 is 0. The van der Waals surface area contributed by atoms with Gasteiger partial charge in [0.2, 0.25) is 11.6 Å². The number of halogens is 3. The van der Waals surface area contributed by atoms with Crippen molar-refractivity contribution in [3.05, 3.63) is 16.7 Å². The highest BCUT2D eigenvalue weighted by atomic mass is 31.2. The van der Waals surface area contributed by atoms with E-state index in [9.17, 15) is 22.5 Å². The molecule has 2 rings (SSSR count). The van der Waals surface area contributed by atoms with Crippen LogP contribution in [-0.4, -0.2) is 58.6 Å². The summed E-state index contributed by atoms with van der Waals surface area (Å²) < 4.78 is 72.5. The average Bonchev–Trinajstić information content (AvgIpc) is 3.34. The molecule has 0 saturated carbocycles. The Morgan fingerprint density at radius 3 is 1.98 bits per heavy atom. The number of unbranched alkanes of at least 4 members (excludes halogenated alkanes) is 14. The van der Waals surface area contributed by atoms with Crippen LogP contribution in [0.1, 0.15) is 110 Å². The summed E-state index contributed by atoms with van der Waals surface area (Å²) in [6.45, 7) is 2.93. The molecule has 0 saturated heterocycles.